The molecule has 7 aromatic carbocycles. The first-order valence-electron chi connectivity index (χ1n) is 17.8. The topological polar surface area (TPSA) is 91.0 Å². The summed E-state index contributed by atoms with van der Waals surface area (Å²) in [7, 11) is 0. The van der Waals surface area contributed by atoms with Gasteiger partial charge in [0.25, 0.3) is 11.8 Å². The Morgan fingerprint density at radius 3 is 1.33 bits per heavy atom. The highest BCUT2D eigenvalue weighted by atomic mass is 16.4. The molecule has 0 unspecified atom stereocenters. The minimum absolute atomic E-state index is 0.360. The largest absolute Gasteiger partial charge is 0.454 e. The van der Waals surface area contributed by atoms with Crippen LogP contribution in [0.25, 0.3) is 78.9 Å². The summed E-state index contributed by atoms with van der Waals surface area (Å²) >= 11 is 0. The van der Waals surface area contributed by atoms with Crippen LogP contribution in [-0.2, 0) is 5.41 Å². The molecule has 0 fully saturated rings. The predicted molar refractivity (Wildman–Crippen MR) is 208 cm³/mol. The average molecular weight is 697 g/mol. The number of hydrogen-bond acceptors (Lipinski definition) is 7. The van der Waals surface area contributed by atoms with Crippen LogP contribution in [0.15, 0.2) is 183 Å². The molecular weight excluding hydrogens is 669 g/mol. The fourth-order valence-electron chi connectivity index (χ4n) is 8.26. The third kappa shape index (κ3) is 4.36. The van der Waals surface area contributed by atoms with E-state index in [-0.39, 0.29) is 0 Å². The third-order valence-electron chi connectivity index (χ3n) is 10.6. The number of aromatic nitrogens is 4. The Labute approximate surface area is 309 Å². The summed E-state index contributed by atoms with van der Waals surface area (Å²) in [6.45, 7) is 0. The minimum atomic E-state index is -0.735. The summed E-state index contributed by atoms with van der Waals surface area (Å²) < 4.78 is 19.9. The second-order valence-corrected chi connectivity index (χ2v) is 13.4. The molecule has 1 aliphatic rings. The molecule has 0 N–H and O–H groups in total. The highest BCUT2D eigenvalue weighted by molar-refractivity contribution is 6.21. The zero-order chi connectivity index (χ0) is 35.6. The zero-order valence-electron chi connectivity index (χ0n) is 28.7. The van der Waals surface area contributed by atoms with E-state index in [0.29, 0.717) is 45.9 Å². The van der Waals surface area contributed by atoms with Gasteiger partial charge in [-0.25, -0.2) is 0 Å². The van der Waals surface area contributed by atoms with E-state index < -0.39 is 5.41 Å². The fraction of sp³-hybridized carbons (Fsp3) is 0.0213. The lowest BCUT2D eigenvalue weighted by Crippen LogP contribution is -2.31. The second-order valence-electron chi connectivity index (χ2n) is 13.4. The smallest absolute Gasteiger partial charge is 0.251 e. The Morgan fingerprint density at radius 2 is 0.759 bits per heavy atom. The maximum Gasteiger partial charge on any atom is 0.251 e. The second kappa shape index (κ2) is 11.8. The molecule has 3 aromatic heterocycles. The van der Waals surface area contributed by atoms with E-state index in [2.05, 4.69) is 124 Å². The van der Waals surface area contributed by atoms with Crippen molar-refractivity contribution < 1.29 is 13.3 Å². The van der Waals surface area contributed by atoms with Crippen LogP contribution in [0, 0.1) is 0 Å². The minimum Gasteiger partial charge on any atom is -0.454 e. The molecule has 0 saturated heterocycles. The first-order chi connectivity index (χ1) is 26.8. The van der Waals surface area contributed by atoms with Crippen LogP contribution in [0.4, 0.5) is 0 Å². The van der Waals surface area contributed by atoms with Gasteiger partial charge in [-0.2, -0.15) is 0 Å². The van der Waals surface area contributed by atoms with Crippen LogP contribution < -0.4 is 0 Å². The van der Waals surface area contributed by atoms with Gasteiger partial charge in [0.2, 0.25) is 11.8 Å². The Hall–Kier alpha value is -7.38. The van der Waals surface area contributed by atoms with E-state index in [9.17, 15) is 0 Å². The van der Waals surface area contributed by atoms with E-state index in [1.807, 2.05) is 66.7 Å². The van der Waals surface area contributed by atoms with Gasteiger partial charge < -0.3 is 13.3 Å². The summed E-state index contributed by atoms with van der Waals surface area (Å²) in [4.78, 5) is 0. The van der Waals surface area contributed by atoms with Crippen LogP contribution >= 0.6 is 0 Å². The van der Waals surface area contributed by atoms with E-state index in [0.717, 1.165) is 55.3 Å². The van der Waals surface area contributed by atoms with Gasteiger partial charge in [-0.1, -0.05) is 133 Å². The molecule has 0 radical (unpaired) electrons. The van der Waals surface area contributed by atoms with Gasteiger partial charge in [0.1, 0.15) is 11.2 Å². The molecule has 11 rings (SSSR count). The lowest BCUT2D eigenvalue weighted by molar-refractivity contribution is 0.580. The predicted octanol–water partition coefficient (Wildman–Crippen LogP) is 11.4. The lowest BCUT2D eigenvalue weighted by atomic mass is 9.63. The van der Waals surface area contributed by atoms with Gasteiger partial charge in [-0.05, 0) is 69.8 Å². The quantitative estimate of drug-likeness (QED) is 0.171. The Bertz CT molecular complexity index is 2950. The van der Waals surface area contributed by atoms with Gasteiger partial charge in [0.05, 0.1) is 16.5 Å². The van der Waals surface area contributed by atoms with Gasteiger partial charge in [-0.3, -0.25) is 0 Å². The molecular formula is C47H28N4O3. The molecule has 7 nitrogen and oxygen atoms in total. The van der Waals surface area contributed by atoms with Crippen LogP contribution in [0.5, 0.6) is 0 Å². The van der Waals surface area contributed by atoms with E-state index in [1.54, 1.807) is 0 Å². The number of fused-ring (bicyclic) bond motifs is 2. The summed E-state index contributed by atoms with van der Waals surface area (Å²) in [6.07, 6.45) is 0. The van der Waals surface area contributed by atoms with Gasteiger partial charge in [-0.15, -0.1) is 20.4 Å². The third-order valence-corrected chi connectivity index (χ3v) is 10.6. The van der Waals surface area contributed by atoms with Crippen LogP contribution in [0.2, 0.25) is 0 Å². The van der Waals surface area contributed by atoms with Crippen molar-refractivity contribution in [3.8, 4) is 56.9 Å². The SMILES string of the molecule is c1ccc(-c2nnc(-c3ccc4c5c3oc3c(-c6nnc(-c7ccccc7)o6)ccc(c35)C(c3ccccc3)(c3ccccc3)c3ccccc3-4)o2)cc1. The monoisotopic (exact) mass is 696 g/mol. The van der Waals surface area contributed by atoms with E-state index in [1.165, 1.54) is 0 Å². The first kappa shape index (κ1) is 30.3. The van der Waals surface area contributed by atoms with Crippen LogP contribution in [0.1, 0.15) is 22.3 Å². The maximum absolute atomic E-state index is 7.14. The van der Waals surface area contributed by atoms with Crippen molar-refractivity contribution in [3.63, 3.8) is 0 Å². The summed E-state index contributed by atoms with van der Waals surface area (Å²) in [5.41, 5.74) is 10.2. The summed E-state index contributed by atoms with van der Waals surface area (Å²) in [6, 6.07) is 58.1. The van der Waals surface area contributed by atoms with Crippen molar-refractivity contribution in [2.45, 2.75) is 5.41 Å². The van der Waals surface area contributed by atoms with Gasteiger partial charge in [0.15, 0.2) is 0 Å². The molecule has 0 saturated carbocycles. The van der Waals surface area contributed by atoms with Crippen LogP contribution in [0.3, 0.4) is 0 Å². The van der Waals surface area contributed by atoms with Gasteiger partial charge in [0, 0.05) is 21.9 Å². The van der Waals surface area contributed by atoms with Crippen molar-refractivity contribution in [1.29, 1.82) is 0 Å². The van der Waals surface area contributed by atoms with Crippen molar-refractivity contribution in [1.82, 2.24) is 20.4 Å². The lowest BCUT2D eigenvalue weighted by Gasteiger charge is -2.37. The number of benzene rings is 7. The van der Waals surface area contributed by atoms with Crippen molar-refractivity contribution in [2.75, 3.05) is 0 Å². The van der Waals surface area contributed by atoms with Crippen molar-refractivity contribution >= 4 is 21.9 Å². The summed E-state index contributed by atoms with van der Waals surface area (Å²) in [5, 5.41) is 19.9. The number of rotatable bonds is 6. The Morgan fingerprint density at radius 1 is 0.315 bits per heavy atom. The summed E-state index contributed by atoms with van der Waals surface area (Å²) in [5.74, 6) is 1.58. The number of furan rings is 1. The van der Waals surface area contributed by atoms with Crippen molar-refractivity contribution in [2.24, 2.45) is 0 Å². The highest BCUT2D eigenvalue weighted by Crippen LogP contribution is 2.57. The Balaban J connectivity index is 1.28. The molecule has 1 aliphatic carbocycles. The number of nitrogens with zero attached hydrogens (tertiary/aromatic N) is 4. The molecule has 0 aliphatic heterocycles. The molecule has 54 heavy (non-hydrogen) atoms. The zero-order valence-corrected chi connectivity index (χ0v) is 28.7. The molecule has 7 heteroatoms. The first-order valence-corrected chi connectivity index (χ1v) is 17.8. The van der Waals surface area contributed by atoms with Crippen LogP contribution in [-0.4, -0.2) is 20.4 Å². The van der Waals surface area contributed by atoms with Gasteiger partial charge >= 0.3 is 0 Å². The Kier molecular flexibility index (Phi) is 6.63. The molecule has 0 amide bonds. The van der Waals surface area contributed by atoms with Crippen molar-refractivity contribution in [3.05, 3.63) is 192 Å². The number of hydrogen-bond donors (Lipinski definition) is 0. The molecule has 0 bridgehead atoms. The highest BCUT2D eigenvalue weighted by Gasteiger charge is 2.44. The fourth-order valence-corrected chi connectivity index (χ4v) is 8.26. The average Bonchev–Trinajstić information content (AvgIpc) is 4.02. The van der Waals surface area contributed by atoms with E-state index in [4.69, 9.17) is 13.3 Å². The maximum atomic E-state index is 7.14. The molecule has 0 spiro atoms. The molecule has 3 heterocycles. The normalized spacial score (nSPS) is 13.0. The standard InChI is InChI=1S/C47H28N4O3/c1-5-15-29(16-6-1)43-48-50-45(53-43)35-26-25-34-33-23-13-14-24-37(33)47(31-19-9-3-10-20-31,32-21-11-4-12-22-32)38-28-27-36(42-40(38)39(34)41(35)52-42)46-51-49-44(54-46)30-17-7-2-8-18-30/h1-28H. The van der Waals surface area contributed by atoms with E-state index >= 15 is 0 Å². The molecule has 0 atom stereocenters. The molecule has 10 aromatic rings. The molecule has 254 valence electrons.